The Morgan fingerprint density at radius 3 is 1.25 bits per heavy atom. The maximum atomic E-state index is 16.6. The molecule has 4 rings (SSSR count). The van der Waals surface area contributed by atoms with Gasteiger partial charge in [-0.25, -0.2) is 17.6 Å². The number of unbranched alkanes of at least 4 members (excludes halogenated alkanes) is 26. The second-order valence-corrected chi connectivity index (χ2v) is 20.9. The van der Waals surface area contributed by atoms with E-state index < -0.39 is 50.4 Å². The molecule has 0 N–H and O–H groups in total. The van der Waals surface area contributed by atoms with E-state index in [1.807, 2.05) is 41.8 Å². The Morgan fingerprint density at radius 2 is 0.873 bits per heavy atom. The van der Waals surface area contributed by atoms with Gasteiger partial charge in [0.25, 0.3) is 0 Å². The minimum absolute atomic E-state index is 0.111. The van der Waals surface area contributed by atoms with Gasteiger partial charge in [-0.1, -0.05) is 199 Å². The molecule has 0 amide bonds. The second kappa shape index (κ2) is 34.2. The summed E-state index contributed by atoms with van der Waals surface area (Å²) in [5.41, 5.74) is -1.29. The Hall–Kier alpha value is -5.20. The number of hydrogen-bond donors (Lipinski definition) is 0. The summed E-state index contributed by atoms with van der Waals surface area (Å²) in [7, 11) is 0. The summed E-state index contributed by atoms with van der Waals surface area (Å²) in [6.45, 7) is 6.12. The van der Waals surface area contributed by atoms with Crippen molar-refractivity contribution in [1.82, 2.24) is 0 Å². The van der Waals surface area contributed by atoms with Crippen LogP contribution in [0.25, 0.3) is 26.5 Å². The van der Waals surface area contributed by atoms with Crippen molar-refractivity contribution in [2.45, 2.75) is 194 Å². The van der Waals surface area contributed by atoms with Crippen LogP contribution in [0.2, 0.25) is 0 Å². The van der Waals surface area contributed by atoms with Crippen molar-refractivity contribution in [3.8, 4) is 34.0 Å². The van der Waals surface area contributed by atoms with E-state index in [-0.39, 0.29) is 16.0 Å². The number of nitriles is 4. The van der Waals surface area contributed by atoms with Gasteiger partial charge in [-0.2, -0.15) is 21.0 Å². The molecule has 0 aliphatic rings. The van der Waals surface area contributed by atoms with Crippen LogP contribution in [0.3, 0.4) is 0 Å². The third-order valence-corrected chi connectivity index (χ3v) is 15.6. The molecule has 2 aromatic carbocycles. The zero-order valence-electron chi connectivity index (χ0n) is 42.5. The first-order valence-electron chi connectivity index (χ1n) is 26.7. The molecule has 380 valence electrons. The van der Waals surface area contributed by atoms with Crippen LogP contribution in [0.15, 0.2) is 59.5 Å². The lowest BCUT2D eigenvalue weighted by Crippen LogP contribution is -2.32. The Labute approximate surface area is 430 Å². The molecule has 0 aliphatic heterocycles. The molecule has 2 aromatic heterocycles. The van der Waals surface area contributed by atoms with E-state index in [2.05, 4.69) is 18.7 Å². The first kappa shape index (κ1) is 58.4. The topological polar surface area (TPSA) is 98.4 Å². The van der Waals surface area contributed by atoms with Crippen LogP contribution >= 0.6 is 22.7 Å². The van der Waals surface area contributed by atoms with E-state index in [4.69, 9.17) is 0 Å². The molecule has 0 radical (unpaired) electrons. The highest BCUT2D eigenvalue weighted by Crippen LogP contribution is 2.41. The average molecular weight is 1010 g/mol. The normalized spacial score (nSPS) is 10.9. The largest absolute Gasteiger partial charge is 0.372 e. The molecule has 5 nitrogen and oxygen atoms in total. The Bertz CT molecular complexity index is 2430. The molecule has 0 fully saturated rings. The number of rotatable bonds is 35. The summed E-state index contributed by atoms with van der Waals surface area (Å²) in [4.78, 5) is 4.22. The first-order valence-corrected chi connectivity index (χ1v) is 28.4. The fourth-order valence-corrected chi connectivity index (χ4v) is 11.3. The van der Waals surface area contributed by atoms with Gasteiger partial charge in [0.2, 0.25) is 0 Å². The van der Waals surface area contributed by atoms with Gasteiger partial charge in [-0.15, -0.1) is 22.7 Å². The van der Waals surface area contributed by atoms with Gasteiger partial charge in [0.15, 0.2) is 23.3 Å². The summed E-state index contributed by atoms with van der Waals surface area (Å²) in [6.07, 6.45) is 35.3. The second-order valence-electron chi connectivity index (χ2n) is 18.8. The number of nitrogens with zero attached hydrogens (tertiary/aromatic N) is 5. The summed E-state index contributed by atoms with van der Waals surface area (Å²) >= 11 is 2.62. The molecule has 0 saturated heterocycles. The molecule has 4 aromatic rings. The number of benzene rings is 2. The van der Waals surface area contributed by atoms with Gasteiger partial charge < -0.3 is 4.90 Å². The van der Waals surface area contributed by atoms with Crippen LogP contribution < -0.4 is 15.3 Å². The standard InChI is InChI=1S/C60H75F4N5S2/c1-3-5-7-9-11-13-15-17-19-21-23-25-27-29-39-69(40-30-28-26-24-22-20-18-16-14-12-10-8-6-4-2)49-35-33-46(34-36-49)54(56-59(63)57(61)55(48(44-67)45-68)58(62)60(56)64)53(47(42-65)43-66)52-38-37-51(71-52)50-32-31-41-70-50/h31-38,41H,3-30,39-40H2,1-2H3. The lowest BCUT2D eigenvalue weighted by atomic mass is 9.90. The predicted octanol–water partition coefficient (Wildman–Crippen LogP) is 17.7. The summed E-state index contributed by atoms with van der Waals surface area (Å²) in [6, 6.07) is 20.3. The SMILES string of the molecule is CCCCCCCCCCCCCCCCN(CCCCCCCCCCCCCCCC)c1ccc(C(C(=C(C#N)C#N)c2ccc(-c3cccs3)s2)=c2c(F)c(F)c(=C(C#N)C#N)c(F)c2F)cc1. The van der Waals surface area contributed by atoms with E-state index in [9.17, 15) is 21.0 Å². The van der Waals surface area contributed by atoms with Crippen molar-refractivity contribution < 1.29 is 17.6 Å². The van der Waals surface area contributed by atoms with Gasteiger partial charge in [0.05, 0.1) is 10.4 Å². The summed E-state index contributed by atoms with van der Waals surface area (Å²) in [5.74, 6) is -7.58. The molecule has 0 spiro atoms. The van der Waals surface area contributed by atoms with Crippen LogP contribution in [-0.4, -0.2) is 13.1 Å². The molecular formula is C60H75F4N5S2. The average Bonchev–Trinajstić information content (AvgIpc) is 4.11. The fourth-order valence-electron chi connectivity index (χ4n) is 9.36. The highest BCUT2D eigenvalue weighted by molar-refractivity contribution is 7.22. The number of thiophene rings is 2. The van der Waals surface area contributed by atoms with E-state index in [0.29, 0.717) is 0 Å². The third kappa shape index (κ3) is 18.7. The Morgan fingerprint density at radius 1 is 0.465 bits per heavy atom. The minimum atomic E-state index is -1.93. The first-order chi connectivity index (χ1) is 34.8. The van der Waals surface area contributed by atoms with Crippen LogP contribution in [0, 0.1) is 68.6 Å². The fraction of sp³-hybridized carbons (Fsp3) is 0.533. The van der Waals surface area contributed by atoms with Crippen molar-refractivity contribution in [2.24, 2.45) is 0 Å². The molecule has 11 heteroatoms. The number of allylic oxidation sites excluding steroid dienone is 2. The van der Waals surface area contributed by atoms with Gasteiger partial charge in [0.1, 0.15) is 35.4 Å². The van der Waals surface area contributed by atoms with Crippen LogP contribution in [-0.2, 0) is 0 Å². The number of anilines is 1. The van der Waals surface area contributed by atoms with Crippen molar-refractivity contribution in [3.05, 3.63) is 104 Å². The summed E-state index contributed by atoms with van der Waals surface area (Å²) in [5, 5.41) is 38.8. The van der Waals surface area contributed by atoms with E-state index in [1.165, 1.54) is 165 Å². The van der Waals surface area contributed by atoms with Crippen LogP contribution in [0.1, 0.15) is 204 Å². The van der Waals surface area contributed by atoms with Gasteiger partial charge in [0, 0.05) is 44.6 Å². The Balaban J connectivity index is 1.60. The maximum absolute atomic E-state index is 16.6. The van der Waals surface area contributed by atoms with Crippen molar-refractivity contribution in [1.29, 1.82) is 21.0 Å². The van der Waals surface area contributed by atoms with Crippen molar-refractivity contribution in [3.63, 3.8) is 0 Å². The molecule has 0 unspecified atom stereocenters. The lowest BCUT2D eigenvalue weighted by Gasteiger charge is -2.26. The van der Waals surface area contributed by atoms with Crippen LogP contribution in [0.5, 0.6) is 0 Å². The molecule has 0 bridgehead atoms. The molecule has 0 atom stereocenters. The highest BCUT2D eigenvalue weighted by atomic mass is 32.1. The smallest absolute Gasteiger partial charge is 0.171 e. The van der Waals surface area contributed by atoms with Gasteiger partial charge in [-0.3, -0.25) is 0 Å². The van der Waals surface area contributed by atoms with Crippen LogP contribution in [0.4, 0.5) is 23.2 Å². The summed E-state index contributed by atoms with van der Waals surface area (Å²) < 4.78 is 65.1. The molecular weight excluding hydrogens is 931 g/mol. The number of hydrogen-bond acceptors (Lipinski definition) is 7. The van der Waals surface area contributed by atoms with Gasteiger partial charge >= 0.3 is 0 Å². The monoisotopic (exact) mass is 1010 g/mol. The highest BCUT2D eigenvalue weighted by Gasteiger charge is 2.28. The van der Waals surface area contributed by atoms with E-state index in [1.54, 1.807) is 24.3 Å². The van der Waals surface area contributed by atoms with E-state index >= 15 is 17.6 Å². The number of halogens is 4. The van der Waals surface area contributed by atoms with Crippen molar-refractivity contribution >= 4 is 45.1 Å². The van der Waals surface area contributed by atoms with Crippen molar-refractivity contribution in [2.75, 3.05) is 18.0 Å². The lowest BCUT2D eigenvalue weighted by molar-refractivity contribution is 0.434. The third-order valence-electron chi connectivity index (χ3n) is 13.4. The van der Waals surface area contributed by atoms with E-state index in [0.717, 1.165) is 78.4 Å². The Kier molecular flexibility index (Phi) is 28.1. The maximum Gasteiger partial charge on any atom is 0.171 e. The minimum Gasteiger partial charge on any atom is -0.372 e. The zero-order chi connectivity index (χ0) is 51.1. The quantitative estimate of drug-likeness (QED) is 0.0198. The molecule has 0 saturated carbocycles. The molecule has 0 aliphatic carbocycles. The predicted molar refractivity (Wildman–Crippen MR) is 288 cm³/mol. The molecule has 2 heterocycles. The zero-order valence-corrected chi connectivity index (χ0v) is 44.1. The van der Waals surface area contributed by atoms with Gasteiger partial charge in [-0.05, 0) is 54.1 Å². The molecule has 71 heavy (non-hydrogen) atoms.